The molecule has 200 valence electrons. The SMILES string of the molecule is O=C(Nc1cnc2ccccc2c1)c1ccccc1-c1ncc[nH]1.O=C(O)C(F)(F)F.O=C(O)C(F)(F)F. The highest BCUT2D eigenvalue weighted by Crippen LogP contribution is 2.22. The maximum atomic E-state index is 12.7. The highest BCUT2D eigenvalue weighted by atomic mass is 19.4. The molecule has 0 saturated carbocycles. The first kappa shape index (κ1) is 29.3. The molecule has 1 amide bonds. The van der Waals surface area contributed by atoms with E-state index in [0.29, 0.717) is 17.1 Å². The second kappa shape index (κ2) is 12.3. The van der Waals surface area contributed by atoms with Crippen molar-refractivity contribution in [1.29, 1.82) is 0 Å². The summed E-state index contributed by atoms with van der Waals surface area (Å²) in [6, 6.07) is 17.1. The maximum Gasteiger partial charge on any atom is 0.490 e. The summed E-state index contributed by atoms with van der Waals surface area (Å²) < 4.78 is 63.5. The quantitative estimate of drug-likeness (QED) is 0.262. The molecule has 0 unspecified atom stereocenters. The number of fused-ring (bicyclic) bond motifs is 1. The summed E-state index contributed by atoms with van der Waals surface area (Å²) in [4.78, 5) is 42.1. The second-order valence-corrected chi connectivity index (χ2v) is 6.96. The number of carbonyl (C=O) groups excluding carboxylic acids is 1. The lowest BCUT2D eigenvalue weighted by Gasteiger charge is -2.09. The van der Waals surface area contributed by atoms with Crippen LogP contribution < -0.4 is 5.32 Å². The van der Waals surface area contributed by atoms with Gasteiger partial charge in [-0.2, -0.15) is 26.3 Å². The number of amides is 1. The fourth-order valence-electron chi connectivity index (χ4n) is 2.64. The summed E-state index contributed by atoms with van der Waals surface area (Å²) in [6.45, 7) is 0. The second-order valence-electron chi connectivity index (χ2n) is 6.96. The number of hydrogen-bond acceptors (Lipinski definition) is 5. The van der Waals surface area contributed by atoms with E-state index in [2.05, 4.69) is 20.3 Å². The molecule has 2 aromatic carbocycles. The number of nitrogens with zero attached hydrogens (tertiary/aromatic N) is 2. The smallest absolute Gasteiger partial charge is 0.475 e. The van der Waals surface area contributed by atoms with Crippen LogP contribution in [-0.2, 0) is 9.59 Å². The van der Waals surface area contributed by atoms with Crippen molar-refractivity contribution in [3.63, 3.8) is 0 Å². The number of benzene rings is 2. The van der Waals surface area contributed by atoms with Gasteiger partial charge in [0.25, 0.3) is 5.91 Å². The minimum Gasteiger partial charge on any atom is -0.475 e. The van der Waals surface area contributed by atoms with Crippen molar-refractivity contribution in [1.82, 2.24) is 15.0 Å². The fraction of sp³-hybridized carbons (Fsp3) is 0.0870. The van der Waals surface area contributed by atoms with E-state index >= 15 is 0 Å². The number of carboxylic acid groups (broad SMARTS) is 2. The van der Waals surface area contributed by atoms with Gasteiger partial charge < -0.3 is 20.5 Å². The molecule has 15 heteroatoms. The third kappa shape index (κ3) is 8.61. The summed E-state index contributed by atoms with van der Waals surface area (Å²) in [5.74, 6) is -5.04. The zero-order valence-electron chi connectivity index (χ0n) is 18.7. The summed E-state index contributed by atoms with van der Waals surface area (Å²) >= 11 is 0. The first-order valence-corrected chi connectivity index (χ1v) is 10.0. The Kier molecular flexibility index (Phi) is 9.51. The molecule has 2 heterocycles. The van der Waals surface area contributed by atoms with Crippen LogP contribution in [0.25, 0.3) is 22.3 Å². The van der Waals surface area contributed by atoms with Crippen LogP contribution in [0.5, 0.6) is 0 Å². The van der Waals surface area contributed by atoms with Gasteiger partial charge in [0.1, 0.15) is 5.82 Å². The van der Waals surface area contributed by atoms with Crippen LogP contribution in [0.1, 0.15) is 10.4 Å². The van der Waals surface area contributed by atoms with Gasteiger partial charge in [-0.05, 0) is 18.2 Å². The van der Waals surface area contributed by atoms with E-state index in [9.17, 15) is 31.1 Å². The number of carboxylic acids is 2. The molecule has 0 saturated heterocycles. The van der Waals surface area contributed by atoms with Gasteiger partial charge in [0, 0.05) is 23.3 Å². The Hall–Kier alpha value is -4.95. The predicted molar refractivity (Wildman–Crippen MR) is 121 cm³/mol. The molecule has 4 aromatic rings. The molecule has 0 radical (unpaired) electrons. The van der Waals surface area contributed by atoms with Crippen molar-refractivity contribution in [2.45, 2.75) is 12.4 Å². The van der Waals surface area contributed by atoms with Gasteiger partial charge in [-0.3, -0.25) is 9.78 Å². The van der Waals surface area contributed by atoms with E-state index in [4.69, 9.17) is 19.8 Å². The van der Waals surface area contributed by atoms with Gasteiger partial charge in [-0.15, -0.1) is 0 Å². The Labute approximate surface area is 208 Å². The highest BCUT2D eigenvalue weighted by Gasteiger charge is 2.38. The molecule has 0 aliphatic heterocycles. The van der Waals surface area contributed by atoms with E-state index in [1.807, 2.05) is 48.5 Å². The number of aromatic nitrogens is 3. The Morgan fingerprint density at radius 2 is 1.37 bits per heavy atom. The van der Waals surface area contributed by atoms with Crippen molar-refractivity contribution in [2.24, 2.45) is 0 Å². The average Bonchev–Trinajstić information content (AvgIpc) is 3.38. The zero-order chi connectivity index (χ0) is 28.5. The Morgan fingerprint density at radius 3 is 1.92 bits per heavy atom. The number of nitrogens with one attached hydrogen (secondary N) is 2. The highest BCUT2D eigenvalue weighted by molar-refractivity contribution is 6.08. The molecule has 0 fully saturated rings. The third-order valence-electron chi connectivity index (χ3n) is 4.26. The number of hydrogen-bond donors (Lipinski definition) is 4. The Morgan fingerprint density at radius 1 is 0.816 bits per heavy atom. The molecule has 2 aromatic heterocycles. The number of alkyl halides is 6. The molecular weight excluding hydrogens is 526 g/mol. The van der Waals surface area contributed by atoms with Crippen molar-refractivity contribution >= 4 is 34.4 Å². The number of para-hydroxylation sites is 1. The summed E-state index contributed by atoms with van der Waals surface area (Å²) in [5, 5.41) is 18.1. The van der Waals surface area contributed by atoms with Gasteiger partial charge in [-0.1, -0.05) is 36.4 Å². The average molecular weight is 542 g/mol. The minimum absolute atomic E-state index is 0.195. The van der Waals surface area contributed by atoms with E-state index < -0.39 is 24.3 Å². The first-order chi connectivity index (χ1) is 17.7. The molecule has 0 atom stereocenters. The zero-order valence-corrected chi connectivity index (χ0v) is 18.7. The van der Waals surface area contributed by atoms with Gasteiger partial charge >= 0.3 is 24.3 Å². The lowest BCUT2D eigenvalue weighted by atomic mass is 10.1. The van der Waals surface area contributed by atoms with Crippen LogP contribution >= 0.6 is 0 Å². The van der Waals surface area contributed by atoms with E-state index in [0.717, 1.165) is 16.5 Å². The van der Waals surface area contributed by atoms with Crippen molar-refractivity contribution in [2.75, 3.05) is 5.32 Å². The van der Waals surface area contributed by atoms with Gasteiger partial charge in [0.2, 0.25) is 0 Å². The van der Waals surface area contributed by atoms with E-state index in [1.54, 1.807) is 24.7 Å². The normalized spacial score (nSPS) is 10.9. The number of aromatic amines is 1. The van der Waals surface area contributed by atoms with Crippen molar-refractivity contribution in [3.8, 4) is 11.4 Å². The summed E-state index contributed by atoms with van der Waals surface area (Å²) in [7, 11) is 0. The molecule has 0 bridgehead atoms. The van der Waals surface area contributed by atoms with Crippen LogP contribution in [0.2, 0.25) is 0 Å². The third-order valence-corrected chi connectivity index (χ3v) is 4.26. The maximum absolute atomic E-state index is 12.7. The molecule has 4 rings (SSSR count). The molecular formula is C23H16F6N4O5. The number of halogens is 6. The Bertz CT molecular complexity index is 1380. The van der Waals surface area contributed by atoms with E-state index in [1.165, 1.54) is 0 Å². The minimum atomic E-state index is -5.08. The molecule has 0 aliphatic rings. The van der Waals surface area contributed by atoms with Crippen LogP contribution in [0.15, 0.2) is 73.2 Å². The molecule has 38 heavy (non-hydrogen) atoms. The number of rotatable bonds is 3. The summed E-state index contributed by atoms with van der Waals surface area (Å²) in [6.07, 6.45) is -5.11. The van der Waals surface area contributed by atoms with Crippen molar-refractivity contribution in [3.05, 3.63) is 78.8 Å². The van der Waals surface area contributed by atoms with Crippen LogP contribution in [0, 0.1) is 0 Å². The molecule has 9 nitrogen and oxygen atoms in total. The lowest BCUT2D eigenvalue weighted by molar-refractivity contribution is -0.193. The molecule has 4 N–H and O–H groups in total. The molecule has 0 spiro atoms. The lowest BCUT2D eigenvalue weighted by Crippen LogP contribution is -2.21. The standard InChI is InChI=1S/C19H14N4O.2C2HF3O2/c24-19(16-7-3-2-6-15(16)18-20-9-10-21-18)23-14-11-13-5-1-4-8-17(13)22-12-14;2*3-2(4,5)1(6)7/h1-12H,(H,20,21)(H,23,24);2*(H,6,7). The number of carbonyl (C=O) groups is 3. The Balaban J connectivity index is 0.000000301. The van der Waals surface area contributed by atoms with Gasteiger partial charge in [0.05, 0.1) is 23.0 Å². The largest absolute Gasteiger partial charge is 0.490 e. The fourth-order valence-corrected chi connectivity index (χ4v) is 2.64. The van der Waals surface area contributed by atoms with Gasteiger partial charge in [0.15, 0.2) is 0 Å². The number of pyridine rings is 1. The van der Waals surface area contributed by atoms with Gasteiger partial charge in [-0.25, -0.2) is 14.6 Å². The number of aliphatic carboxylic acids is 2. The predicted octanol–water partition coefficient (Wildman–Crippen LogP) is 5.14. The number of H-pyrrole nitrogens is 1. The van der Waals surface area contributed by atoms with Crippen LogP contribution in [0.3, 0.4) is 0 Å². The van der Waals surface area contributed by atoms with E-state index in [-0.39, 0.29) is 5.91 Å². The number of anilines is 1. The van der Waals surface area contributed by atoms with Crippen LogP contribution in [0.4, 0.5) is 32.0 Å². The topological polar surface area (TPSA) is 145 Å². The number of imidazole rings is 1. The first-order valence-electron chi connectivity index (χ1n) is 10.0. The summed E-state index contributed by atoms with van der Waals surface area (Å²) in [5.41, 5.74) is 2.87. The van der Waals surface area contributed by atoms with Crippen molar-refractivity contribution < 1.29 is 50.9 Å². The molecule has 0 aliphatic carbocycles. The monoisotopic (exact) mass is 542 g/mol. The van der Waals surface area contributed by atoms with Crippen LogP contribution in [-0.4, -0.2) is 55.4 Å².